The molecule has 0 saturated carbocycles. The molecule has 0 aliphatic carbocycles. The Kier molecular flexibility index (Phi) is 8.56. The molecule has 2 nitrogen and oxygen atoms in total. The van der Waals surface area contributed by atoms with Gasteiger partial charge in [0.05, 0.1) is 6.10 Å². The quantitative estimate of drug-likeness (QED) is 0.626. The molecular formula is C18H31NO. The van der Waals surface area contributed by atoms with Crippen LogP contribution in [0.2, 0.25) is 0 Å². The third-order valence-corrected chi connectivity index (χ3v) is 3.64. The maximum atomic E-state index is 6.07. The Morgan fingerprint density at radius 3 is 2.45 bits per heavy atom. The van der Waals surface area contributed by atoms with Crippen LogP contribution < -0.4 is 5.73 Å². The molecule has 2 unspecified atom stereocenters. The van der Waals surface area contributed by atoms with Crippen molar-refractivity contribution in [2.24, 2.45) is 5.73 Å². The topological polar surface area (TPSA) is 35.2 Å². The first-order valence-corrected chi connectivity index (χ1v) is 8.09. The molecule has 0 aromatic heterocycles. The van der Waals surface area contributed by atoms with E-state index in [2.05, 4.69) is 38.1 Å². The number of hydrogen-bond acceptors (Lipinski definition) is 2. The van der Waals surface area contributed by atoms with E-state index in [9.17, 15) is 0 Å². The third kappa shape index (κ3) is 6.53. The number of rotatable bonds is 10. The van der Waals surface area contributed by atoms with Crippen molar-refractivity contribution in [1.29, 1.82) is 0 Å². The van der Waals surface area contributed by atoms with Gasteiger partial charge >= 0.3 is 0 Å². The van der Waals surface area contributed by atoms with Crippen molar-refractivity contribution >= 4 is 0 Å². The molecule has 1 aromatic rings. The Labute approximate surface area is 124 Å². The number of benzene rings is 1. The lowest BCUT2D eigenvalue weighted by Crippen LogP contribution is -2.27. The van der Waals surface area contributed by atoms with Gasteiger partial charge in [0.25, 0.3) is 0 Å². The number of nitrogens with two attached hydrogens (primary N) is 1. The molecule has 0 aliphatic heterocycles. The Morgan fingerprint density at radius 1 is 1.10 bits per heavy atom. The van der Waals surface area contributed by atoms with Crippen LogP contribution in [0.3, 0.4) is 0 Å². The predicted molar refractivity (Wildman–Crippen MR) is 86.9 cm³/mol. The van der Waals surface area contributed by atoms with E-state index in [4.69, 9.17) is 10.5 Å². The summed E-state index contributed by atoms with van der Waals surface area (Å²) in [6.07, 6.45) is 7.75. The highest BCUT2D eigenvalue weighted by molar-refractivity contribution is 5.25. The fourth-order valence-corrected chi connectivity index (χ4v) is 2.49. The fourth-order valence-electron chi connectivity index (χ4n) is 2.49. The first-order chi connectivity index (χ1) is 9.65. The van der Waals surface area contributed by atoms with Gasteiger partial charge in [-0.2, -0.15) is 0 Å². The molecule has 2 heteroatoms. The number of unbranched alkanes of at least 4 members (excludes halogenated alkanes) is 5. The van der Waals surface area contributed by atoms with E-state index in [1.807, 2.05) is 6.92 Å². The van der Waals surface area contributed by atoms with E-state index < -0.39 is 0 Å². The molecule has 0 heterocycles. The summed E-state index contributed by atoms with van der Waals surface area (Å²) < 4.78 is 6.03. The summed E-state index contributed by atoms with van der Waals surface area (Å²) in [5.41, 5.74) is 8.53. The molecule has 0 fully saturated rings. The lowest BCUT2D eigenvalue weighted by molar-refractivity contribution is 0.0358. The summed E-state index contributed by atoms with van der Waals surface area (Å²) in [4.78, 5) is 0. The van der Waals surface area contributed by atoms with E-state index in [0.717, 1.165) is 13.0 Å². The van der Waals surface area contributed by atoms with Crippen LogP contribution in [0, 0.1) is 6.92 Å². The van der Waals surface area contributed by atoms with Crippen molar-refractivity contribution in [3.63, 3.8) is 0 Å². The minimum absolute atomic E-state index is 0.0190. The maximum absolute atomic E-state index is 6.07. The lowest BCUT2D eigenvalue weighted by Gasteiger charge is -2.22. The summed E-state index contributed by atoms with van der Waals surface area (Å²) in [7, 11) is 0. The van der Waals surface area contributed by atoms with Crippen molar-refractivity contribution in [3.8, 4) is 0 Å². The lowest BCUT2D eigenvalue weighted by atomic mass is 10.0. The van der Waals surface area contributed by atoms with Crippen molar-refractivity contribution in [2.45, 2.75) is 71.4 Å². The van der Waals surface area contributed by atoms with Gasteiger partial charge in [0.2, 0.25) is 0 Å². The van der Waals surface area contributed by atoms with Crippen LogP contribution in [0.25, 0.3) is 0 Å². The predicted octanol–water partition coefficient (Wildman–Crippen LogP) is 4.76. The van der Waals surface area contributed by atoms with E-state index >= 15 is 0 Å². The molecule has 0 radical (unpaired) electrons. The van der Waals surface area contributed by atoms with Gasteiger partial charge in [-0.15, -0.1) is 0 Å². The molecule has 0 bridgehead atoms. The van der Waals surface area contributed by atoms with Gasteiger partial charge < -0.3 is 10.5 Å². The van der Waals surface area contributed by atoms with Gasteiger partial charge in [-0.05, 0) is 25.8 Å². The summed E-state index contributed by atoms with van der Waals surface area (Å²) >= 11 is 0. The fraction of sp³-hybridized carbons (Fsp3) is 0.667. The molecule has 114 valence electrons. The Morgan fingerprint density at radius 2 is 1.80 bits per heavy atom. The third-order valence-electron chi connectivity index (χ3n) is 3.64. The van der Waals surface area contributed by atoms with Crippen LogP contribution in [0.1, 0.15) is 69.6 Å². The second-order valence-corrected chi connectivity index (χ2v) is 5.83. The van der Waals surface area contributed by atoms with Crippen molar-refractivity contribution in [3.05, 3.63) is 35.4 Å². The zero-order chi connectivity index (χ0) is 14.8. The summed E-state index contributed by atoms with van der Waals surface area (Å²) in [6.45, 7) is 7.19. The standard InChI is InChI=1S/C18H31NO/c1-4-5-6-7-8-9-13-20-18(16(3)19)17-12-10-11-15(2)14-17/h10-12,14,16,18H,4-9,13,19H2,1-3H3. The Bertz CT molecular complexity index is 362. The summed E-state index contributed by atoms with van der Waals surface area (Å²) in [5.74, 6) is 0. The van der Waals surface area contributed by atoms with E-state index in [-0.39, 0.29) is 12.1 Å². The average molecular weight is 277 g/mol. The highest BCUT2D eigenvalue weighted by atomic mass is 16.5. The Balaban J connectivity index is 2.33. The van der Waals surface area contributed by atoms with E-state index in [0.29, 0.717) is 0 Å². The first kappa shape index (κ1) is 17.2. The van der Waals surface area contributed by atoms with Gasteiger partial charge in [-0.25, -0.2) is 0 Å². The van der Waals surface area contributed by atoms with Crippen molar-refractivity contribution < 1.29 is 4.74 Å². The molecule has 0 amide bonds. The van der Waals surface area contributed by atoms with Crippen LogP contribution in [0.4, 0.5) is 0 Å². The van der Waals surface area contributed by atoms with Gasteiger partial charge in [0.1, 0.15) is 0 Å². The number of ether oxygens (including phenoxy) is 1. The molecule has 1 rings (SSSR count). The van der Waals surface area contributed by atoms with Crippen LogP contribution in [0.5, 0.6) is 0 Å². The first-order valence-electron chi connectivity index (χ1n) is 8.09. The van der Waals surface area contributed by atoms with Gasteiger partial charge in [0.15, 0.2) is 0 Å². The molecular weight excluding hydrogens is 246 g/mol. The van der Waals surface area contributed by atoms with Crippen molar-refractivity contribution in [1.82, 2.24) is 0 Å². The molecule has 0 saturated heterocycles. The second-order valence-electron chi connectivity index (χ2n) is 5.83. The molecule has 2 atom stereocenters. The smallest absolute Gasteiger partial charge is 0.0973 e. The number of aryl methyl sites for hydroxylation is 1. The molecule has 1 aromatic carbocycles. The van der Waals surface area contributed by atoms with Crippen LogP contribution >= 0.6 is 0 Å². The second kappa shape index (κ2) is 9.95. The zero-order valence-electron chi connectivity index (χ0n) is 13.4. The van der Waals surface area contributed by atoms with E-state index in [1.54, 1.807) is 0 Å². The maximum Gasteiger partial charge on any atom is 0.0973 e. The number of hydrogen-bond donors (Lipinski definition) is 1. The van der Waals surface area contributed by atoms with Gasteiger partial charge in [-0.3, -0.25) is 0 Å². The van der Waals surface area contributed by atoms with Crippen LogP contribution in [-0.4, -0.2) is 12.6 Å². The minimum Gasteiger partial charge on any atom is -0.372 e. The molecule has 0 spiro atoms. The monoisotopic (exact) mass is 277 g/mol. The normalized spacial score (nSPS) is 14.2. The van der Waals surface area contributed by atoms with E-state index in [1.165, 1.54) is 43.2 Å². The highest BCUT2D eigenvalue weighted by Crippen LogP contribution is 2.22. The zero-order valence-corrected chi connectivity index (χ0v) is 13.4. The Hall–Kier alpha value is -0.860. The SMILES string of the molecule is CCCCCCCCOC(c1cccc(C)c1)C(C)N. The highest BCUT2D eigenvalue weighted by Gasteiger charge is 2.16. The van der Waals surface area contributed by atoms with Crippen LogP contribution in [0.15, 0.2) is 24.3 Å². The van der Waals surface area contributed by atoms with Crippen molar-refractivity contribution in [2.75, 3.05) is 6.61 Å². The molecule has 0 aliphatic rings. The largest absolute Gasteiger partial charge is 0.372 e. The molecule has 20 heavy (non-hydrogen) atoms. The van der Waals surface area contributed by atoms with Gasteiger partial charge in [-0.1, -0.05) is 68.9 Å². The average Bonchev–Trinajstić information content (AvgIpc) is 2.41. The minimum atomic E-state index is 0.0190. The summed E-state index contributed by atoms with van der Waals surface area (Å²) in [5, 5.41) is 0. The summed E-state index contributed by atoms with van der Waals surface area (Å²) in [6, 6.07) is 8.50. The van der Waals surface area contributed by atoms with Gasteiger partial charge in [0, 0.05) is 12.6 Å². The molecule has 2 N–H and O–H groups in total. The van der Waals surface area contributed by atoms with Crippen LogP contribution in [-0.2, 0) is 4.74 Å².